The zero-order chi connectivity index (χ0) is 20.6. The first-order valence-corrected chi connectivity index (χ1v) is 9.50. The van der Waals surface area contributed by atoms with E-state index in [1.54, 1.807) is 19.1 Å². The van der Waals surface area contributed by atoms with Crippen molar-refractivity contribution in [3.8, 4) is 0 Å². The third-order valence-electron chi connectivity index (χ3n) is 4.16. The molecule has 1 aromatic heterocycles. The zero-order valence-electron chi connectivity index (χ0n) is 17.4. The van der Waals surface area contributed by atoms with Crippen LogP contribution in [0.2, 0.25) is 0 Å². The van der Waals surface area contributed by atoms with Gasteiger partial charge in [-0.15, -0.1) is 24.0 Å². The van der Waals surface area contributed by atoms with E-state index in [1.165, 1.54) is 6.26 Å². The number of amides is 1. The highest BCUT2D eigenvalue weighted by molar-refractivity contribution is 14.0. The molecule has 160 valence electrons. The van der Waals surface area contributed by atoms with Crippen molar-refractivity contribution >= 4 is 41.5 Å². The summed E-state index contributed by atoms with van der Waals surface area (Å²) in [5.74, 6) is 1.03. The van der Waals surface area contributed by atoms with Crippen LogP contribution in [0.5, 0.6) is 0 Å². The molecule has 0 bridgehead atoms. The molecule has 0 saturated heterocycles. The standard InChI is InChI=1S/C21H30N4O3.HI/c1-5-22-20(24-14-21(4,27)18-7-6-12-28-18)23-13-16-8-10-17(11-9-16)25-19(26)15(2)3;/h6-12,15,27H,5,13-14H2,1-4H3,(H,25,26)(H2,22,23,24);1H. The van der Waals surface area contributed by atoms with E-state index in [1.807, 2.05) is 45.0 Å². The van der Waals surface area contributed by atoms with E-state index in [4.69, 9.17) is 4.42 Å². The summed E-state index contributed by atoms with van der Waals surface area (Å²) in [6, 6.07) is 11.1. The van der Waals surface area contributed by atoms with E-state index >= 15 is 0 Å². The molecule has 1 unspecified atom stereocenters. The molecule has 1 heterocycles. The van der Waals surface area contributed by atoms with Gasteiger partial charge in [0.1, 0.15) is 11.4 Å². The third kappa shape index (κ3) is 8.06. The second-order valence-electron chi connectivity index (χ2n) is 7.14. The molecule has 0 fully saturated rings. The fourth-order valence-electron chi connectivity index (χ4n) is 2.42. The fourth-order valence-corrected chi connectivity index (χ4v) is 2.42. The first kappa shape index (κ1) is 25.0. The van der Waals surface area contributed by atoms with Gasteiger partial charge in [0, 0.05) is 18.2 Å². The molecule has 2 aromatic rings. The Morgan fingerprint density at radius 1 is 1.21 bits per heavy atom. The van der Waals surface area contributed by atoms with E-state index < -0.39 is 5.60 Å². The maximum absolute atomic E-state index is 11.7. The Balaban J connectivity index is 0.00000420. The van der Waals surface area contributed by atoms with Gasteiger partial charge in [0.15, 0.2) is 5.96 Å². The number of guanidine groups is 1. The summed E-state index contributed by atoms with van der Waals surface area (Å²) in [5.41, 5.74) is 0.638. The molecule has 29 heavy (non-hydrogen) atoms. The summed E-state index contributed by atoms with van der Waals surface area (Å²) >= 11 is 0. The maximum atomic E-state index is 11.7. The topological polar surface area (TPSA) is 98.9 Å². The van der Waals surface area contributed by atoms with Gasteiger partial charge >= 0.3 is 0 Å². The monoisotopic (exact) mass is 514 g/mol. The molecule has 1 atom stereocenters. The van der Waals surface area contributed by atoms with Gasteiger partial charge in [-0.3, -0.25) is 4.79 Å². The quantitative estimate of drug-likeness (QED) is 0.246. The van der Waals surface area contributed by atoms with Crippen LogP contribution in [0.3, 0.4) is 0 Å². The smallest absolute Gasteiger partial charge is 0.226 e. The number of hydrogen-bond acceptors (Lipinski definition) is 4. The predicted molar refractivity (Wildman–Crippen MR) is 126 cm³/mol. The number of nitrogens with zero attached hydrogens (tertiary/aromatic N) is 1. The van der Waals surface area contributed by atoms with E-state index in [0.717, 1.165) is 11.3 Å². The van der Waals surface area contributed by atoms with Gasteiger partial charge in [-0.1, -0.05) is 26.0 Å². The number of halogens is 1. The third-order valence-corrected chi connectivity index (χ3v) is 4.16. The van der Waals surface area contributed by atoms with Crippen LogP contribution in [-0.2, 0) is 16.9 Å². The van der Waals surface area contributed by atoms with Crippen molar-refractivity contribution < 1.29 is 14.3 Å². The Kier molecular flexibility index (Phi) is 10.2. The van der Waals surface area contributed by atoms with Crippen LogP contribution in [0.15, 0.2) is 52.1 Å². The van der Waals surface area contributed by atoms with Gasteiger partial charge < -0.3 is 25.5 Å². The number of carbonyl (C=O) groups is 1. The summed E-state index contributed by atoms with van der Waals surface area (Å²) in [4.78, 5) is 16.3. The van der Waals surface area contributed by atoms with Crippen molar-refractivity contribution in [1.82, 2.24) is 10.6 Å². The summed E-state index contributed by atoms with van der Waals surface area (Å²) in [5, 5.41) is 19.7. The van der Waals surface area contributed by atoms with E-state index in [0.29, 0.717) is 24.8 Å². The molecule has 0 aliphatic rings. The minimum atomic E-state index is -1.14. The molecule has 4 N–H and O–H groups in total. The van der Waals surface area contributed by atoms with Gasteiger partial charge in [0.05, 0.1) is 19.4 Å². The van der Waals surface area contributed by atoms with E-state index in [9.17, 15) is 9.90 Å². The number of benzene rings is 1. The van der Waals surface area contributed by atoms with Gasteiger partial charge in [0.25, 0.3) is 0 Å². The van der Waals surface area contributed by atoms with Crippen LogP contribution in [0, 0.1) is 5.92 Å². The van der Waals surface area contributed by atoms with E-state index in [-0.39, 0.29) is 42.3 Å². The Bertz CT molecular complexity index is 772. The van der Waals surface area contributed by atoms with Gasteiger partial charge in [-0.25, -0.2) is 4.99 Å². The Labute approximate surface area is 189 Å². The lowest BCUT2D eigenvalue weighted by Crippen LogP contribution is -2.44. The molecule has 8 heteroatoms. The largest absolute Gasteiger partial charge is 0.466 e. The van der Waals surface area contributed by atoms with Gasteiger partial charge in [-0.05, 0) is 43.7 Å². The molecule has 1 amide bonds. The predicted octanol–water partition coefficient (Wildman–Crippen LogP) is 3.45. The van der Waals surface area contributed by atoms with Crippen molar-refractivity contribution in [2.24, 2.45) is 10.9 Å². The van der Waals surface area contributed by atoms with Crippen molar-refractivity contribution in [2.45, 2.75) is 39.8 Å². The van der Waals surface area contributed by atoms with Crippen LogP contribution < -0.4 is 16.0 Å². The minimum Gasteiger partial charge on any atom is -0.466 e. The summed E-state index contributed by atoms with van der Waals surface area (Å²) in [6.45, 7) is 8.81. The zero-order valence-corrected chi connectivity index (χ0v) is 19.7. The average molecular weight is 514 g/mol. The summed E-state index contributed by atoms with van der Waals surface area (Å²) in [7, 11) is 0. The van der Waals surface area contributed by atoms with Crippen molar-refractivity contribution in [2.75, 3.05) is 18.4 Å². The average Bonchev–Trinajstić information content (AvgIpc) is 3.21. The molecule has 1 aromatic carbocycles. The minimum absolute atomic E-state index is 0. The number of aliphatic imine (C=N–C) groups is 1. The molecule has 7 nitrogen and oxygen atoms in total. The molecule has 2 rings (SSSR count). The molecule has 0 radical (unpaired) electrons. The fraction of sp³-hybridized carbons (Fsp3) is 0.429. The maximum Gasteiger partial charge on any atom is 0.226 e. The Morgan fingerprint density at radius 2 is 1.90 bits per heavy atom. The molecular weight excluding hydrogens is 483 g/mol. The van der Waals surface area contributed by atoms with E-state index in [2.05, 4.69) is 20.9 Å². The van der Waals surface area contributed by atoms with Gasteiger partial charge in [0.2, 0.25) is 5.91 Å². The summed E-state index contributed by atoms with van der Waals surface area (Å²) in [6.07, 6.45) is 1.54. The number of aliphatic hydroxyl groups is 1. The number of rotatable bonds is 8. The molecule has 0 spiro atoms. The van der Waals surface area contributed by atoms with Crippen LogP contribution in [0.4, 0.5) is 5.69 Å². The second kappa shape index (κ2) is 11.8. The Hall–Kier alpha value is -2.07. The van der Waals surface area contributed by atoms with Crippen molar-refractivity contribution in [3.63, 3.8) is 0 Å². The lowest BCUT2D eigenvalue weighted by Gasteiger charge is -2.22. The van der Waals surface area contributed by atoms with Crippen LogP contribution in [0.25, 0.3) is 0 Å². The normalized spacial score (nSPS) is 13.4. The number of hydrogen-bond donors (Lipinski definition) is 4. The number of furan rings is 1. The lowest BCUT2D eigenvalue weighted by molar-refractivity contribution is -0.118. The summed E-state index contributed by atoms with van der Waals surface area (Å²) < 4.78 is 5.29. The first-order valence-electron chi connectivity index (χ1n) is 9.50. The number of anilines is 1. The molecule has 0 aliphatic carbocycles. The lowest BCUT2D eigenvalue weighted by atomic mass is 10.0. The van der Waals surface area contributed by atoms with Crippen LogP contribution in [0.1, 0.15) is 39.0 Å². The first-order chi connectivity index (χ1) is 13.3. The van der Waals surface area contributed by atoms with Crippen molar-refractivity contribution in [1.29, 1.82) is 0 Å². The highest BCUT2D eigenvalue weighted by Gasteiger charge is 2.26. The van der Waals surface area contributed by atoms with Crippen LogP contribution >= 0.6 is 24.0 Å². The molecule has 0 saturated carbocycles. The molecule has 0 aliphatic heterocycles. The highest BCUT2D eigenvalue weighted by atomic mass is 127. The van der Waals surface area contributed by atoms with Crippen molar-refractivity contribution in [3.05, 3.63) is 54.0 Å². The van der Waals surface area contributed by atoms with Crippen LogP contribution in [-0.4, -0.2) is 30.1 Å². The highest BCUT2D eigenvalue weighted by Crippen LogP contribution is 2.19. The second-order valence-corrected chi connectivity index (χ2v) is 7.14. The Morgan fingerprint density at radius 3 is 2.45 bits per heavy atom. The van der Waals surface area contributed by atoms with Gasteiger partial charge in [-0.2, -0.15) is 0 Å². The molecular formula is C21H31IN4O3. The number of carbonyl (C=O) groups excluding carboxylic acids is 1. The SMILES string of the molecule is CCNC(=NCc1ccc(NC(=O)C(C)C)cc1)NCC(C)(O)c1ccco1.I. The number of nitrogens with one attached hydrogen (secondary N) is 3.